The predicted octanol–water partition coefficient (Wildman–Crippen LogP) is -0.126. The lowest BCUT2D eigenvalue weighted by molar-refractivity contribution is -0.123. The van der Waals surface area contributed by atoms with Gasteiger partial charge < -0.3 is 10.6 Å². The molecule has 1 aliphatic rings. The van der Waals surface area contributed by atoms with Gasteiger partial charge in [-0.1, -0.05) is 0 Å². The molecule has 1 amide bonds. The highest BCUT2D eigenvalue weighted by atomic mass is 16.1. The van der Waals surface area contributed by atoms with Crippen molar-refractivity contribution in [1.82, 2.24) is 10.6 Å². The van der Waals surface area contributed by atoms with Crippen LogP contribution >= 0.6 is 0 Å². The van der Waals surface area contributed by atoms with Gasteiger partial charge in [-0.25, -0.2) is 0 Å². The maximum Gasteiger partial charge on any atom is 0.220 e. The van der Waals surface area contributed by atoms with Gasteiger partial charge in [-0.05, 0) is 19.9 Å². The summed E-state index contributed by atoms with van der Waals surface area (Å²) >= 11 is 0. The van der Waals surface area contributed by atoms with Crippen LogP contribution in [0.25, 0.3) is 0 Å². The van der Waals surface area contributed by atoms with Crippen LogP contribution in [0.3, 0.4) is 0 Å². The third-order valence-corrected chi connectivity index (χ3v) is 1.77. The highest BCUT2D eigenvalue weighted by molar-refractivity contribution is 5.76. The summed E-state index contributed by atoms with van der Waals surface area (Å²) in [5.41, 5.74) is 0. The molecular weight excluding hydrogens is 128 g/mol. The molecular formula is C7H14N2O. The van der Waals surface area contributed by atoms with Crippen molar-refractivity contribution in [1.29, 1.82) is 0 Å². The van der Waals surface area contributed by atoms with Gasteiger partial charge in [0, 0.05) is 19.0 Å². The van der Waals surface area contributed by atoms with Crippen LogP contribution in [0.15, 0.2) is 0 Å². The second kappa shape index (κ2) is 3.56. The van der Waals surface area contributed by atoms with Crippen molar-refractivity contribution in [2.75, 3.05) is 13.6 Å². The van der Waals surface area contributed by atoms with Crippen molar-refractivity contribution in [2.24, 2.45) is 0 Å². The standard InChI is InChI=1S/C7H14N2O/c1-8-5-6-3-2-4-7(10)9-6/h6,8H,2-5H2,1H3,(H,9,10). The minimum absolute atomic E-state index is 0.200. The van der Waals surface area contributed by atoms with E-state index in [9.17, 15) is 4.79 Å². The molecule has 58 valence electrons. The molecule has 1 heterocycles. The average molecular weight is 142 g/mol. The summed E-state index contributed by atoms with van der Waals surface area (Å²) in [4.78, 5) is 10.8. The monoisotopic (exact) mass is 142 g/mol. The highest BCUT2D eigenvalue weighted by Crippen LogP contribution is 2.06. The largest absolute Gasteiger partial charge is 0.352 e. The van der Waals surface area contributed by atoms with E-state index in [1.807, 2.05) is 7.05 Å². The van der Waals surface area contributed by atoms with Gasteiger partial charge in [0.1, 0.15) is 0 Å². The first-order chi connectivity index (χ1) is 4.83. The summed E-state index contributed by atoms with van der Waals surface area (Å²) in [5.74, 6) is 0.200. The molecule has 0 saturated carbocycles. The maximum absolute atomic E-state index is 10.8. The summed E-state index contributed by atoms with van der Waals surface area (Å²) in [7, 11) is 1.90. The van der Waals surface area contributed by atoms with E-state index in [0.29, 0.717) is 12.5 Å². The van der Waals surface area contributed by atoms with Gasteiger partial charge in [0.15, 0.2) is 0 Å². The quantitative estimate of drug-likeness (QED) is 0.564. The van der Waals surface area contributed by atoms with Crippen LogP contribution in [0.4, 0.5) is 0 Å². The van der Waals surface area contributed by atoms with Crippen LogP contribution in [0.2, 0.25) is 0 Å². The second-order valence-corrected chi connectivity index (χ2v) is 2.71. The number of rotatable bonds is 2. The molecule has 0 radical (unpaired) electrons. The summed E-state index contributed by atoms with van der Waals surface area (Å²) < 4.78 is 0. The molecule has 0 aromatic heterocycles. The van der Waals surface area contributed by atoms with Gasteiger partial charge >= 0.3 is 0 Å². The first-order valence-electron chi connectivity index (χ1n) is 3.77. The van der Waals surface area contributed by atoms with Gasteiger partial charge in [0.05, 0.1) is 0 Å². The summed E-state index contributed by atoms with van der Waals surface area (Å²) in [6.45, 7) is 0.895. The van der Waals surface area contributed by atoms with E-state index in [0.717, 1.165) is 19.4 Å². The molecule has 0 spiro atoms. The number of amides is 1. The molecule has 10 heavy (non-hydrogen) atoms. The number of nitrogens with one attached hydrogen (secondary N) is 2. The Morgan fingerprint density at radius 1 is 1.80 bits per heavy atom. The number of hydrogen-bond acceptors (Lipinski definition) is 2. The maximum atomic E-state index is 10.8. The summed E-state index contributed by atoms with van der Waals surface area (Å²) in [5, 5.41) is 5.96. The number of piperidine rings is 1. The molecule has 0 bridgehead atoms. The molecule has 2 N–H and O–H groups in total. The van der Waals surface area contributed by atoms with Gasteiger partial charge in [-0.2, -0.15) is 0 Å². The predicted molar refractivity (Wildman–Crippen MR) is 39.7 cm³/mol. The molecule has 3 nitrogen and oxygen atoms in total. The van der Waals surface area contributed by atoms with E-state index in [4.69, 9.17) is 0 Å². The third kappa shape index (κ3) is 1.99. The fourth-order valence-electron chi connectivity index (χ4n) is 1.28. The molecule has 1 unspecified atom stereocenters. The lowest BCUT2D eigenvalue weighted by Gasteiger charge is -2.22. The van der Waals surface area contributed by atoms with Gasteiger partial charge in [-0.3, -0.25) is 4.79 Å². The Kier molecular flexibility index (Phi) is 2.68. The summed E-state index contributed by atoms with van der Waals surface area (Å²) in [6, 6.07) is 0.367. The van der Waals surface area contributed by atoms with E-state index in [-0.39, 0.29) is 5.91 Å². The molecule has 1 saturated heterocycles. The fraction of sp³-hybridized carbons (Fsp3) is 0.857. The zero-order chi connectivity index (χ0) is 7.40. The molecule has 1 aliphatic heterocycles. The Morgan fingerprint density at radius 3 is 3.20 bits per heavy atom. The average Bonchev–Trinajstić information content (AvgIpc) is 1.88. The number of carbonyl (C=O) groups is 1. The van der Waals surface area contributed by atoms with Gasteiger partial charge in [0.25, 0.3) is 0 Å². The van der Waals surface area contributed by atoms with Crippen LogP contribution in [-0.2, 0) is 4.79 Å². The minimum atomic E-state index is 0.200. The van der Waals surface area contributed by atoms with Crippen molar-refractivity contribution in [3.63, 3.8) is 0 Å². The van der Waals surface area contributed by atoms with Crippen LogP contribution in [0.5, 0.6) is 0 Å². The number of hydrogen-bond donors (Lipinski definition) is 2. The molecule has 1 fully saturated rings. The molecule has 0 aliphatic carbocycles. The Morgan fingerprint density at radius 2 is 2.60 bits per heavy atom. The van der Waals surface area contributed by atoms with Crippen molar-refractivity contribution in [3.05, 3.63) is 0 Å². The van der Waals surface area contributed by atoms with E-state index in [2.05, 4.69) is 10.6 Å². The zero-order valence-corrected chi connectivity index (χ0v) is 6.31. The molecule has 0 aromatic carbocycles. The lowest BCUT2D eigenvalue weighted by atomic mass is 10.0. The zero-order valence-electron chi connectivity index (χ0n) is 6.31. The van der Waals surface area contributed by atoms with Crippen LogP contribution < -0.4 is 10.6 Å². The topological polar surface area (TPSA) is 41.1 Å². The third-order valence-electron chi connectivity index (χ3n) is 1.77. The van der Waals surface area contributed by atoms with Gasteiger partial charge in [-0.15, -0.1) is 0 Å². The number of likely N-dealkylation sites (N-methyl/N-ethyl adjacent to an activating group) is 1. The molecule has 0 aromatic rings. The fourth-order valence-corrected chi connectivity index (χ4v) is 1.28. The van der Waals surface area contributed by atoms with E-state index in [1.165, 1.54) is 0 Å². The second-order valence-electron chi connectivity index (χ2n) is 2.71. The van der Waals surface area contributed by atoms with Crippen molar-refractivity contribution in [3.8, 4) is 0 Å². The molecule has 1 atom stereocenters. The lowest BCUT2D eigenvalue weighted by Crippen LogP contribution is -2.44. The van der Waals surface area contributed by atoms with Gasteiger partial charge in [0.2, 0.25) is 5.91 Å². The Balaban J connectivity index is 2.25. The van der Waals surface area contributed by atoms with E-state index >= 15 is 0 Å². The summed E-state index contributed by atoms with van der Waals surface area (Å²) in [6.07, 6.45) is 2.87. The van der Waals surface area contributed by atoms with E-state index < -0.39 is 0 Å². The normalized spacial score (nSPS) is 26.1. The number of carbonyl (C=O) groups excluding carboxylic acids is 1. The minimum Gasteiger partial charge on any atom is -0.352 e. The Bertz CT molecular complexity index is 123. The molecule has 3 heteroatoms. The molecule has 1 rings (SSSR count). The SMILES string of the molecule is CNCC1CCCC(=O)N1. The highest BCUT2D eigenvalue weighted by Gasteiger charge is 2.16. The van der Waals surface area contributed by atoms with E-state index in [1.54, 1.807) is 0 Å². The first kappa shape index (κ1) is 7.54. The van der Waals surface area contributed by atoms with Crippen molar-refractivity contribution >= 4 is 5.91 Å². The van der Waals surface area contributed by atoms with Crippen LogP contribution in [0, 0.1) is 0 Å². The van der Waals surface area contributed by atoms with Crippen LogP contribution in [0.1, 0.15) is 19.3 Å². The Hall–Kier alpha value is -0.570. The van der Waals surface area contributed by atoms with Crippen LogP contribution in [-0.4, -0.2) is 25.5 Å². The van der Waals surface area contributed by atoms with Crippen molar-refractivity contribution in [2.45, 2.75) is 25.3 Å². The first-order valence-corrected chi connectivity index (χ1v) is 3.77. The smallest absolute Gasteiger partial charge is 0.220 e. The Labute approximate surface area is 61.2 Å². The van der Waals surface area contributed by atoms with Crippen molar-refractivity contribution < 1.29 is 4.79 Å².